The molecule has 3 rings (SSSR count). The highest BCUT2D eigenvalue weighted by Gasteiger charge is 2.17. The Morgan fingerprint density at radius 3 is 2.87 bits per heavy atom. The lowest BCUT2D eigenvalue weighted by Gasteiger charge is -2.26. The van der Waals surface area contributed by atoms with Crippen LogP contribution in [0.5, 0.6) is 0 Å². The molecule has 0 bridgehead atoms. The molecule has 0 aliphatic carbocycles. The van der Waals surface area contributed by atoms with Gasteiger partial charge in [-0.1, -0.05) is 37.6 Å². The van der Waals surface area contributed by atoms with Crippen LogP contribution in [0.25, 0.3) is 0 Å². The molecule has 23 heavy (non-hydrogen) atoms. The fourth-order valence-corrected chi connectivity index (χ4v) is 3.35. The summed E-state index contributed by atoms with van der Waals surface area (Å²) in [4.78, 5) is 5.41. The number of amidine groups is 1. The van der Waals surface area contributed by atoms with Crippen LogP contribution in [0.3, 0.4) is 0 Å². The predicted molar refractivity (Wildman–Crippen MR) is 99.8 cm³/mol. The summed E-state index contributed by atoms with van der Waals surface area (Å²) in [5.74, 6) is 0.503. The summed E-state index contributed by atoms with van der Waals surface area (Å²) in [6, 6.07) is 14.7. The molecule has 3 nitrogen and oxygen atoms in total. The van der Waals surface area contributed by atoms with Gasteiger partial charge in [0.1, 0.15) is 5.84 Å². The Balaban J connectivity index is 1.83. The molecule has 1 unspecified atom stereocenters. The second-order valence-electron chi connectivity index (χ2n) is 6.04. The standard InChI is InChI=1S/C19H23N3S/c1-2-5-15-10-13-8-9-16(11-14(13)12-21-15)22-19(20)17-6-3-4-7-18(17)23/h3-4,6-9,11,15,21,23H,2,5,10,12H2,1H3,(H2,20,22). The van der Waals surface area contributed by atoms with Gasteiger partial charge in [0, 0.05) is 23.0 Å². The molecule has 0 spiro atoms. The van der Waals surface area contributed by atoms with Gasteiger partial charge < -0.3 is 11.1 Å². The molecule has 2 aromatic rings. The maximum absolute atomic E-state index is 6.15. The van der Waals surface area contributed by atoms with E-state index >= 15 is 0 Å². The van der Waals surface area contributed by atoms with E-state index < -0.39 is 0 Å². The molecule has 0 radical (unpaired) electrons. The second-order valence-corrected chi connectivity index (χ2v) is 6.52. The van der Waals surface area contributed by atoms with Crippen LogP contribution < -0.4 is 11.1 Å². The van der Waals surface area contributed by atoms with Crippen molar-refractivity contribution in [3.05, 3.63) is 59.2 Å². The Kier molecular flexibility index (Phi) is 5.03. The molecule has 3 N–H and O–H groups in total. The molecule has 1 heterocycles. The molecule has 0 aromatic heterocycles. The quantitative estimate of drug-likeness (QED) is 0.455. The van der Waals surface area contributed by atoms with Crippen LogP contribution >= 0.6 is 12.6 Å². The van der Waals surface area contributed by atoms with E-state index in [0.717, 1.165) is 29.1 Å². The van der Waals surface area contributed by atoms with Gasteiger partial charge in [-0.25, -0.2) is 4.99 Å². The first-order chi connectivity index (χ1) is 11.2. The highest BCUT2D eigenvalue weighted by molar-refractivity contribution is 7.80. The number of fused-ring (bicyclic) bond motifs is 1. The zero-order chi connectivity index (χ0) is 16.2. The Labute approximate surface area is 143 Å². The van der Waals surface area contributed by atoms with Gasteiger partial charge in [0.25, 0.3) is 0 Å². The minimum Gasteiger partial charge on any atom is -0.383 e. The van der Waals surface area contributed by atoms with Gasteiger partial charge in [-0.3, -0.25) is 0 Å². The number of rotatable bonds is 4. The first-order valence-corrected chi connectivity index (χ1v) is 8.60. The lowest BCUT2D eigenvalue weighted by atomic mass is 9.93. The van der Waals surface area contributed by atoms with E-state index in [1.807, 2.05) is 24.3 Å². The van der Waals surface area contributed by atoms with Gasteiger partial charge in [-0.2, -0.15) is 0 Å². The zero-order valence-electron chi connectivity index (χ0n) is 13.4. The molecule has 0 saturated heterocycles. The summed E-state index contributed by atoms with van der Waals surface area (Å²) in [6.45, 7) is 3.14. The number of hydrogen-bond donors (Lipinski definition) is 3. The van der Waals surface area contributed by atoms with E-state index in [1.54, 1.807) is 0 Å². The number of nitrogens with one attached hydrogen (secondary N) is 1. The van der Waals surface area contributed by atoms with Crippen LogP contribution in [-0.2, 0) is 13.0 Å². The summed E-state index contributed by atoms with van der Waals surface area (Å²) in [5, 5.41) is 3.61. The molecule has 2 aromatic carbocycles. The molecular weight excluding hydrogens is 302 g/mol. The maximum atomic E-state index is 6.15. The summed E-state index contributed by atoms with van der Waals surface area (Å²) in [7, 11) is 0. The third kappa shape index (κ3) is 3.77. The van der Waals surface area contributed by atoms with Crippen molar-refractivity contribution >= 4 is 24.2 Å². The summed E-state index contributed by atoms with van der Waals surface area (Å²) in [6.07, 6.45) is 3.54. The summed E-state index contributed by atoms with van der Waals surface area (Å²) >= 11 is 4.44. The van der Waals surface area contributed by atoms with Crippen LogP contribution in [0.4, 0.5) is 5.69 Å². The average Bonchev–Trinajstić information content (AvgIpc) is 2.55. The van der Waals surface area contributed by atoms with Gasteiger partial charge in [-0.15, -0.1) is 12.6 Å². The van der Waals surface area contributed by atoms with Gasteiger partial charge in [0.2, 0.25) is 0 Å². The average molecular weight is 325 g/mol. The largest absolute Gasteiger partial charge is 0.383 e. The van der Waals surface area contributed by atoms with Crippen molar-refractivity contribution in [2.24, 2.45) is 10.7 Å². The van der Waals surface area contributed by atoms with Crippen molar-refractivity contribution < 1.29 is 0 Å². The number of thiol groups is 1. The third-order valence-electron chi connectivity index (χ3n) is 4.30. The molecule has 1 aliphatic heterocycles. The summed E-state index contributed by atoms with van der Waals surface area (Å²) in [5.41, 5.74) is 10.7. The van der Waals surface area contributed by atoms with Crippen molar-refractivity contribution in [2.45, 2.75) is 43.7 Å². The van der Waals surface area contributed by atoms with Crippen molar-refractivity contribution in [3.63, 3.8) is 0 Å². The van der Waals surface area contributed by atoms with E-state index in [-0.39, 0.29) is 0 Å². The minimum absolute atomic E-state index is 0.503. The topological polar surface area (TPSA) is 50.4 Å². The van der Waals surface area contributed by atoms with Crippen LogP contribution in [0.1, 0.15) is 36.5 Å². The smallest absolute Gasteiger partial charge is 0.132 e. The Morgan fingerprint density at radius 2 is 2.09 bits per heavy atom. The van der Waals surface area contributed by atoms with Gasteiger partial charge in [0.05, 0.1) is 5.69 Å². The Hall–Kier alpha value is -1.78. The summed E-state index contributed by atoms with van der Waals surface area (Å²) < 4.78 is 0. The SMILES string of the molecule is CCCC1Cc2ccc(N=C(N)c3ccccc3S)cc2CN1. The van der Waals surface area contributed by atoms with E-state index in [1.165, 1.54) is 24.0 Å². The van der Waals surface area contributed by atoms with E-state index in [9.17, 15) is 0 Å². The van der Waals surface area contributed by atoms with Crippen molar-refractivity contribution in [3.8, 4) is 0 Å². The van der Waals surface area contributed by atoms with Crippen LogP contribution in [-0.4, -0.2) is 11.9 Å². The van der Waals surface area contributed by atoms with Gasteiger partial charge >= 0.3 is 0 Å². The van der Waals surface area contributed by atoms with Crippen molar-refractivity contribution in [1.29, 1.82) is 0 Å². The normalized spacial score (nSPS) is 17.8. The molecule has 0 fully saturated rings. The highest BCUT2D eigenvalue weighted by Crippen LogP contribution is 2.25. The maximum Gasteiger partial charge on any atom is 0.132 e. The number of benzene rings is 2. The second kappa shape index (κ2) is 7.20. The Morgan fingerprint density at radius 1 is 1.26 bits per heavy atom. The lowest BCUT2D eigenvalue weighted by molar-refractivity contribution is 0.448. The molecule has 0 amide bonds. The molecule has 1 atom stereocenters. The third-order valence-corrected chi connectivity index (χ3v) is 4.69. The van der Waals surface area contributed by atoms with E-state index in [0.29, 0.717) is 11.9 Å². The fourth-order valence-electron chi connectivity index (χ4n) is 3.08. The molecule has 0 saturated carbocycles. The highest BCUT2D eigenvalue weighted by atomic mass is 32.1. The Bertz CT molecular complexity index is 724. The van der Waals surface area contributed by atoms with Gasteiger partial charge in [0.15, 0.2) is 0 Å². The minimum atomic E-state index is 0.503. The molecule has 1 aliphatic rings. The van der Waals surface area contributed by atoms with Crippen LogP contribution in [0.2, 0.25) is 0 Å². The van der Waals surface area contributed by atoms with E-state index in [2.05, 4.69) is 48.1 Å². The van der Waals surface area contributed by atoms with E-state index in [4.69, 9.17) is 5.73 Å². The first kappa shape index (κ1) is 16.1. The zero-order valence-corrected chi connectivity index (χ0v) is 14.3. The number of nitrogens with two attached hydrogens (primary N) is 1. The van der Waals surface area contributed by atoms with Crippen LogP contribution in [0, 0.1) is 0 Å². The molecular formula is C19H23N3S. The molecule has 4 heteroatoms. The predicted octanol–water partition coefficient (Wildman–Crippen LogP) is 3.83. The van der Waals surface area contributed by atoms with Crippen molar-refractivity contribution in [1.82, 2.24) is 5.32 Å². The monoisotopic (exact) mass is 325 g/mol. The fraction of sp³-hybridized carbons (Fsp3) is 0.316. The first-order valence-electron chi connectivity index (χ1n) is 8.15. The number of nitrogens with zero attached hydrogens (tertiary/aromatic N) is 1. The van der Waals surface area contributed by atoms with Gasteiger partial charge in [-0.05, 0) is 42.2 Å². The number of aliphatic imine (C=N–C) groups is 1. The lowest BCUT2D eigenvalue weighted by Crippen LogP contribution is -2.35. The molecule has 120 valence electrons. The van der Waals surface area contributed by atoms with Crippen molar-refractivity contribution in [2.75, 3.05) is 0 Å². The van der Waals surface area contributed by atoms with Crippen LogP contribution in [0.15, 0.2) is 52.4 Å². The number of hydrogen-bond acceptors (Lipinski definition) is 3.